The fraction of sp³-hybridized carbons (Fsp3) is 0.615. The van der Waals surface area contributed by atoms with Crippen molar-refractivity contribution in [1.29, 1.82) is 0 Å². The van der Waals surface area contributed by atoms with Gasteiger partial charge in [0.25, 0.3) is 6.04 Å². The first kappa shape index (κ1) is 30.5. The summed E-state index contributed by atoms with van der Waals surface area (Å²) in [6, 6.07) is -0.796. The predicted octanol–water partition coefficient (Wildman–Crippen LogP) is 2.71. The maximum Gasteiger partial charge on any atom is 0.330 e. The minimum Gasteiger partial charge on any atom is -0.481 e. The number of carboxylic acid groups (broad SMARTS) is 2. The fourth-order valence-electron chi connectivity index (χ4n) is 5.59. The van der Waals surface area contributed by atoms with Crippen molar-refractivity contribution in [3.8, 4) is 0 Å². The van der Waals surface area contributed by atoms with Crippen molar-refractivity contribution < 1.29 is 29.7 Å². The van der Waals surface area contributed by atoms with Crippen molar-refractivity contribution in [2.45, 2.75) is 76.6 Å². The summed E-state index contributed by atoms with van der Waals surface area (Å²) >= 11 is 11.3. The molecule has 0 bridgehead atoms. The second kappa shape index (κ2) is 13.3. The normalized spacial score (nSPS) is 26.3. The van der Waals surface area contributed by atoms with Gasteiger partial charge in [0.2, 0.25) is 0 Å². The summed E-state index contributed by atoms with van der Waals surface area (Å²) in [6.07, 6.45) is 4.19. The number of aliphatic hydroxyl groups is 1. The standard InChI is InChI=1S/C26H35N5O6S2/c1-4-28-18-14-17(27-3)20(32)15-19(18)29(5-2)21(28)11-10-16-24(38)30(12-6-8-22(33)34)26(37)31(25(16)39)13-7-9-23(35)36/h10-11,17-20,32H,4-9,12-15H2,1-2H3,(H,33,34)(H,35,36). The summed E-state index contributed by atoms with van der Waals surface area (Å²) < 4.78 is 0. The number of urea groups is 1. The van der Waals surface area contributed by atoms with Crippen LogP contribution in [0, 0.1) is 6.57 Å². The molecule has 2 aliphatic heterocycles. The average Bonchev–Trinajstić information content (AvgIpc) is 3.18. The minimum absolute atomic E-state index is 0.0551. The molecule has 0 spiro atoms. The van der Waals surface area contributed by atoms with E-state index in [0.717, 1.165) is 5.82 Å². The van der Waals surface area contributed by atoms with E-state index in [4.69, 9.17) is 41.2 Å². The lowest BCUT2D eigenvalue weighted by atomic mass is 9.84. The Morgan fingerprint density at radius 3 is 1.87 bits per heavy atom. The zero-order valence-corrected chi connectivity index (χ0v) is 23.8. The van der Waals surface area contributed by atoms with Crippen LogP contribution >= 0.6 is 24.4 Å². The van der Waals surface area contributed by atoms with Crippen LogP contribution in [0.5, 0.6) is 0 Å². The van der Waals surface area contributed by atoms with E-state index < -0.39 is 30.1 Å². The lowest BCUT2D eigenvalue weighted by Gasteiger charge is -2.37. The molecule has 2 amide bonds. The van der Waals surface area contributed by atoms with Crippen LogP contribution in [0.4, 0.5) is 4.79 Å². The topological polar surface area (TPSA) is 129 Å². The number of allylic oxidation sites excluding steroid dienone is 2. The summed E-state index contributed by atoms with van der Waals surface area (Å²) in [5, 5.41) is 28.6. The van der Waals surface area contributed by atoms with Crippen molar-refractivity contribution >= 4 is 52.4 Å². The van der Waals surface area contributed by atoms with Crippen LogP contribution in [0.25, 0.3) is 4.85 Å². The molecule has 3 fully saturated rings. The van der Waals surface area contributed by atoms with Gasteiger partial charge in [-0.1, -0.05) is 24.4 Å². The smallest absolute Gasteiger partial charge is 0.330 e. The van der Waals surface area contributed by atoms with Gasteiger partial charge in [0.15, 0.2) is 0 Å². The number of thiocarbonyl (C=S) groups is 2. The number of hydrogen-bond donors (Lipinski definition) is 3. The highest BCUT2D eigenvalue weighted by Gasteiger charge is 2.50. The van der Waals surface area contributed by atoms with E-state index in [9.17, 15) is 19.5 Å². The Morgan fingerprint density at radius 1 is 0.949 bits per heavy atom. The Balaban J connectivity index is 1.96. The summed E-state index contributed by atoms with van der Waals surface area (Å²) in [4.78, 5) is 46.5. The molecule has 39 heavy (non-hydrogen) atoms. The number of rotatable bonds is 11. The monoisotopic (exact) mass is 577 g/mol. The number of aliphatic carboxylic acids is 2. The second-order valence-electron chi connectivity index (χ2n) is 9.74. The molecule has 2 heterocycles. The summed E-state index contributed by atoms with van der Waals surface area (Å²) in [7, 11) is 0. The third-order valence-corrected chi connectivity index (χ3v) is 8.33. The molecule has 1 aliphatic carbocycles. The number of amides is 2. The van der Waals surface area contributed by atoms with Crippen LogP contribution < -0.4 is 0 Å². The molecule has 3 N–H and O–H groups in total. The van der Waals surface area contributed by atoms with Crippen molar-refractivity contribution in [1.82, 2.24) is 19.6 Å². The first-order valence-corrected chi connectivity index (χ1v) is 14.0. The molecule has 0 aromatic heterocycles. The van der Waals surface area contributed by atoms with E-state index in [-0.39, 0.29) is 60.8 Å². The summed E-state index contributed by atoms with van der Waals surface area (Å²) in [6.45, 7) is 13.1. The quantitative estimate of drug-likeness (QED) is 0.192. The lowest BCUT2D eigenvalue weighted by molar-refractivity contribution is -0.138. The summed E-state index contributed by atoms with van der Waals surface area (Å²) in [5.74, 6) is -1.04. The lowest BCUT2D eigenvalue weighted by Crippen LogP contribution is -2.55. The zero-order chi connectivity index (χ0) is 28.9. The Morgan fingerprint density at radius 2 is 1.44 bits per heavy atom. The van der Waals surface area contributed by atoms with Gasteiger partial charge in [-0.2, -0.15) is 0 Å². The van der Waals surface area contributed by atoms with Crippen LogP contribution in [0.15, 0.2) is 23.5 Å². The van der Waals surface area contributed by atoms with E-state index >= 15 is 0 Å². The van der Waals surface area contributed by atoms with Crippen molar-refractivity contribution in [3.05, 3.63) is 35.0 Å². The highest BCUT2D eigenvalue weighted by molar-refractivity contribution is 7.83. The molecule has 2 saturated heterocycles. The van der Waals surface area contributed by atoms with Crippen LogP contribution in [0.2, 0.25) is 0 Å². The van der Waals surface area contributed by atoms with Gasteiger partial charge >= 0.3 is 18.0 Å². The largest absolute Gasteiger partial charge is 0.481 e. The number of carboxylic acids is 2. The van der Waals surface area contributed by atoms with Gasteiger partial charge < -0.3 is 30.0 Å². The van der Waals surface area contributed by atoms with Gasteiger partial charge in [0.1, 0.15) is 21.9 Å². The van der Waals surface area contributed by atoms with Crippen molar-refractivity contribution in [3.63, 3.8) is 0 Å². The Bertz CT molecular complexity index is 1070. The van der Waals surface area contributed by atoms with Gasteiger partial charge in [0, 0.05) is 57.4 Å². The van der Waals surface area contributed by atoms with Crippen LogP contribution in [-0.2, 0) is 9.59 Å². The van der Waals surface area contributed by atoms with E-state index in [1.165, 1.54) is 9.80 Å². The van der Waals surface area contributed by atoms with E-state index in [0.29, 0.717) is 31.5 Å². The van der Waals surface area contributed by atoms with Gasteiger partial charge in [-0.15, -0.1) is 0 Å². The van der Waals surface area contributed by atoms with Gasteiger partial charge in [-0.3, -0.25) is 19.4 Å². The highest BCUT2D eigenvalue weighted by atomic mass is 32.1. The number of hydrogen-bond acceptors (Lipinski definition) is 8. The third kappa shape index (κ3) is 6.57. The maximum absolute atomic E-state index is 13.2. The number of fused-ring (bicyclic) bond motifs is 1. The molecule has 4 unspecified atom stereocenters. The van der Waals surface area contributed by atoms with Crippen molar-refractivity contribution in [2.75, 3.05) is 26.2 Å². The molecule has 3 rings (SSSR count). The fourth-order valence-corrected chi connectivity index (χ4v) is 6.33. The Hall–Kier alpha value is -3.08. The summed E-state index contributed by atoms with van der Waals surface area (Å²) in [5.41, 5.74) is 0.457. The van der Waals surface area contributed by atoms with Crippen LogP contribution in [0.3, 0.4) is 0 Å². The number of nitrogens with zero attached hydrogens (tertiary/aromatic N) is 5. The number of carbonyl (C=O) groups is 3. The molecule has 0 aromatic rings. The Kier molecular flexibility index (Phi) is 10.4. The molecule has 4 atom stereocenters. The second-order valence-corrected chi connectivity index (χ2v) is 10.5. The highest BCUT2D eigenvalue weighted by Crippen LogP contribution is 2.39. The third-order valence-electron chi connectivity index (χ3n) is 7.45. The molecule has 0 aromatic carbocycles. The molecular formula is C26H35N5O6S2. The van der Waals surface area contributed by atoms with Gasteiger partial charge in [-0.05, 0) is 38.8 Å². The van der Waals surface area contributed by atoms with Crippen LogP contribution in [0.1, 0.15) is 52.4 Å². The molecule has 1 saturated carbocycles. The van der Waals surface area contributed by atoms with E-state index in [1.807, 2.05) is 19.9 Å². The zero-order valence-electron chi connectivity index (χ0n) is 22.2. The first-order valence-electron chi connectivity index (χ1n) is 13.2. The Labute approximate surface area is 239 Å². The molecule has 13 heteroatoms. The minimum atomic E-state index is -0.979. The van der Waals surface area contributed by atoms with Gasteiger partial charge in [0.05, 0.1) is 12.1 Å². The van der Waals surface area contributed by atoms with Gasteiger partial charge in [-0.25, -0.2) is 11.4 Å². The van der Waals surface area contributed by atoms with E-state index in [1.54, 1.807) is 6.08 Å². The maximum atomic E-state index is 13.2. The molecule has 212 valence electrons. The predicted molar refractivity (Wildman–Crippen MR) is 152 cm³/mol. The number of aliphatic hydroxyl groups excluding tert-OH is 1. The van der Waals surface area contributed by atoms with Crippen molar-refractivity contribution in [2.24, 2.45) is 0 Å². The number of likely N-dealkylation sites (N-methyl/N-ethyl adjacent to an activating group) is 2. The average molecular weight is 578 g/mol. The molecule has 0 radical (unpaired) electrons. The van der Waals surface area contributed by atoms with Crippen LogP contribution in [-0.4, -0.2) is 113 Å². The molecule has 11 nitrogen and oxygen atoms in total. The first-order chi connectivity index (χ1) is 18.5. The molecule has 3 aliphatic rings. The molecular weight excluding hydrogens is 542 g/mol. The number of carbonyl (C=O) groups excluding carboxylic acids is 1. The SMILES string of the molecule is [C-]#[N+]C1CC2C(CC1O)N(CC)C(=CC=C1C(=S)N(CCCC(=O)O)C(=O)N(CCCC(=O)O)C1=S)N2CC. The van der Waals surface area contributed by atoms with E-state index in [2.05, 4.69) is 14.6 Å².